The van der Waals surface area contributed by atoms with Crippen LogP contribution in [-0.2, 0) is 12.8 Å². The number of anilines is 1. The van der Waals surface area contributed by atoms with Crippen LogP contribution >= 0.6 is 0 Å². The van der Waals surface area contributed by atoms with Gasteiger partial charge in [-0.3, -0.25) is 9.78 Å². The van der Waals surface area contributed by atoms with Crippen molar-refractivity contribution in [2.45, 2.75) is 12.8 Å². The van der Waals surface area contributed by atoms with Gasteiger partial charge >= 0.3 is 6.18 Å². The summed E-state index contributed by atoms with van der Waals surface area (Å²) in [7, 11) is 0. The van der Waals surface area contributed by atoms with Crippen molar-refractivity contribution in [1.82, 2.24) is 34.7 Å². The average Bonchev–Trinajstić information content (AvgIpc) is 3.56. The molecule has 4 heterocycles. The smallest absolute Gasteiger partial charge is 0.390 e. The summed E-state index contributed by atoms with van der Waals surface area (Å²) in [6.45, 7) is -0.374. The highest BCUT2D eigenvalue weighted by atomic mass is 19.4. The van der Waals surface area contributed by atoms with E-state index in [0.29, 0.717) is 15.6 Å². The number of aliphatic hydroxyl groups excluding tert-OH is 1. The molecule has 0 spiro atoms. The van der Waals surface area contributed by atoms with Crippen LogP contribution in [0.4, 0.5) is 18.9 Å². The van der Waals surface area contributed by atoms with Gasteiger partial charge in [0.2, 0.25) is 0 Å². The Hall–Kier alpha value is -5.16. The Bertz CT molecular complexity index is 1680. The van der Waals surface area contributed by atoms with Crippen molar-refractivity contribution in [3.63, 3.8) is 0 Å². The maximum Gasteiger partial charge on any atom is 0.434 e. The van der Waals surface area contributed by atoms with Crippen molar-refractivity contribution in [2.24, 2.45) is 0 Å². The van der Waals surface area contributed by atoms with E-state index >= 15 is 0 Å². The first-order valence-corrected chi connectivity index (χ1v) is 10.5. The van der Waals surface area contributed by atoms with Crippen LogP contribution in [-0.4, -0.2) is 45.8 Å². The maximum atomic E-state index is 14.2. The number of halogens is 3. The number of rotatable bonds is 5. The maximum absolute atomic E-state index is 14.2. The molecule has 0 bridgehead atoms. The zero-order chi connectivity index (χ0) is 26.2. The molecule has 0 saturated heterocycles. The normalized spacial score (nSPS) is 11.4. The molecule has 0 atom stereocenters. The topological polar surface area (TPSA) is 147 Å². The Kier molecular flexibility index (Phi) is 5.82. The van der Waals surface area contributed by atoms with E-state index in [1.54, 1.807) is 24.3 Å². The molecular weight excluding hydrogens is 491 g/mol. The number of aromatic nitrogens is 7. The number of amides is 1. The summed E-state index contributed by atoms with van der Waals surface area (Å²) < 4.78 is 43.2. The molecule has 4 aromatic heterocycles. The lowest BCUT2D eigenvalue weighted by molar-refractivity contribution is -0.143. The van der Waals surface area contributed by atoms with E-state index in [9.17, 15) is 23.2 Å². The van der Waals surface area contributed by atoms with Gasteiger partial charge in [-0.25, -0.2) is 9.67 Å². The zero-order valence-electron chi connectivity index (χ0n) is 18.5. The van der Waals surface area contributed by atoms with Crippen LogP contribution in [0.15, 0.2) is 61.2 Å². The average molecular weight is 505 g/mol. The van der Waals surface area contributed by atoms with Crippen LogP contribution in [0.25, 0.3) is 22.4 Å². The van der Waals surface area contributed by atoms with E-state index in [4.69, 9.17) is 5.11 Å². The molecule has 0 saturated carbocycles. The second kappa shape index (κ2) is 9.13. The van der Waals surface area contributed by atoms with Gasteiger partial charge < -0.3 is 10.4 Å². The van der Waals surface area contributed by atoms with Gasteiger partial charge in [-0.15, -0.1) is 9.90 Å². The first-order chi connectivity index (χ1) is 17.8. The number of nitrogens with one attached hydrogen (secondary N) is 1. The molecule has 5 rings (SSSR count). The summed E-state index contributed by atoms with van der Waals surface area (Å²) in [5.74, 6) is -1.09. The number of carbonyl (C=O) groups excluding carboxylic acids is 1. The Morgan fingerprint density at radius 3 is 2.68 bits per heavy atom. The fourth-order valence-corrected chi connectivity index (χ4v) is 3.68. The van der Waals surface area contributed by atoms with Crippen molar-refractivity contribution < 1.29 is 23.1 Å². The van der Waals surface area contributed by atoms with Gasteiger partial charge in [0.25, 0.3) is 5.91 Å². The summed E-state index contributed by atoms with van der Waals surface area (Å²) in [5, 5.41) is 33.1. The monoisotopic (exact) mass is 505 g/mol. The number of alkyl halides is 3. The second-order valence-electron chi connectivity index (χ2n) is 7.61. The number of pyridine rings is 2. The van der Waals surface area contributed by atoms with E-state index in [0.717, 1.165) is 17.2 Å². The van der Waals surface area contributed by atoms with E-state index < -0.39 is 23.3 Å². The predicted molar refractivity (Wildman–Crippen MR) is 122 cm³/mol. The van der Waals surface area contributed by atoms with Crippen molar-refractivity contribution in [3.05, 3.63) is 83.7 Å². The van der Waals surface area contributed by atoms with Gasteiger partial charge in [0.15, 0.2) is 11.5 Å². The Morgan fingerprint density at radius 1 is 1.11 bits per heavy atom. The summed E-state index contributed by atoms with van der Waals surface area (Å²) >= 11 is 0. The summed E-state index contributed by atoms with van der Waals surface area (Å²) in [6, 6.07) is 10.9. The van der Waals surface area contributed by atoms with Crippen LogP contribution in [0.5, 0.6) is 0 Å². The molecular formula is C23H14F3N9O2. The Balaban J connectivity index is 1.52. The fourth-order valence-electron chi connectivity index (χ4n) is 3.68. The van der Waals surface area contributed by atoms with Gasteiger partial charge in [0.1, 0.15) is 17.3 Å². The summed E-state index contributed by atoms with van der Waals surface area (Å²) in [5.41, 5.74) is -1.29. The molecule has 14 heteroatoms. The van der Waals surface area contributed by atoms with Crippen LogP contribution < -0.4 is 5.32 Å². The van der Waals surface area contributed by atoms with Crippen LogP contribution in [0.2, 0.25) is 0 Å². The minimum atomic E-state index is -4.93. The Morgan fingerprint density at radius 2 is 1.95 bits per heavy atom. The summed E-state index contributed by atoms with van der Waals surface area (Å²) in [4.78, 5) is 22.1. The number of carbonyl (C=O) groups is 1. The minimum absolute atomic E-state index is 0.00793. The molecule has 1 aromatic carbocycles. The van der Waals surface area contributed by atoms with E-state index in [2.05, 4.69) is 30.6 Å². The number of nitriles is 1. The van der Waals surface area contributed by atoms with Gasteiger partial charge in [0, 0.05) is 11.6 Å². The lowest BCUT2D eigenvalue weighted by Crippen LogP contribution is -2.21. The molecule has 0 unspecified atom stereocenters. The van der Waals surface area contributed by atoms with E-state index in [1.165, 1.54) is 24.5 Å². The third kappa shape index (κ3) is 4.34. The third-order valence-corrected chi connectivity index (χ3v) is 5.27. The molecule has 0 radical (unpaired) electrons. The highest BCUT2D eigenvalue weighted by Crippen LogP contribution is 2.35. The molecule has 0 fully saturated rings. The molecule has 11 nitrogen and oxygen atoms in total. The molecule has 1 amide bonds. The molecule has 0 aliphatic rings. The number of hydrogen-bond acceptors (Lipinski definition) is 8. The third-order valence-electron chi connectivity index (χ3n) is 5.27. The van der Waals surface area contributed by atoms with Crippen LogP contribution in [0.1, 0.15) is 27.3 Å². The predicted octanol–water partition coefficient (Wildman–Crippen LogP) is 3.03. The molecule has 2 N–H and O–H groups in total. The highest BCUT2D eigenvalue weighted by molar-refractivity contribution is 6.05. The minimum Gasteiger partial charge on any atom is -0.390 e. The molecule has 0 aliphatic carbocycles. The van der Waals surface area contributed by atoms with E-state index in [1.807, 2.05) is 6.07 Å². The largest absolute Gasteiger partial charge is 0.434 e. The first kappa shape index (κ1) is 23.6. The SMILES string of the molecule is N#Cc1cc(NC(=O)c2cnn(-c3cccc4ncccc34)c2C(F)(F)F)cnc1-n1ncc(CO)n1. The number of fused-ring (bicyclic) bond motifs is 1. The second-order valence-corrected chi connectivity index (χ2v) is 7.61. The van der Waals surface area contributed by atoms with Crippen molar-refractivity contribution in [2.75, 3.05) is 5.32 Å². The van der Waals surface area contributed by atoms with Gasteiger partial charge in [-0.2, -0.15) is 28.6 Å². The summed E-state index contributed by atoms with van der Waals surface area (Å²) in [6.07, 6.45) is -0.166. The quantitative estimate of drug-likeness (QED) is 0.370. The van der Waals surface area contributed by atoms with Crippen molar-refractivity contribution in [1.29, 1.82) is 5.26 Å². The van der Waals surface area contributed by atoms with Crippen molar-refractivity contribution in [3.8, 4) is 17.6 Å². The number of nitrogens with zero attached hydrogens (tertiary/aromatic N) is 8. The number of benzene rings is 1. The lowest BCUT2D eigenvalue weighted by Gasteiger charge is -2.14. The number of aliphatic hydroxyl groups is 1. The van der Waals surface area contributed by atoms with Crippen LogP contribution in [0.3, 0.4) is 0 Å². The first-order valence-electron chi connectivity index (χ1n) is 10.5. The standard InChI is InChI=1S/C23H14F3N9O2/c24-23(25,26)20-17(11-30-34(20)19-5-1-4-18-16(19)3-2-6-28-18)22(37)32-14-7-13(8-27)21(29-9-14)35-31-10-15(12-36)33-35/h1-7,9-11,36H,12H2,(H,32,37). The molecule has 184 valence electrons. The van der Waals surface area contributed by atoms with Crippen molar-refractivity contribution >= 4 is 22.5 Å². The Labute approximate surface area is 205 Å². The van der Waals surface area contributed by atoms with Crippen LogP contribution in [0, 0.1) is 11.3 Å². The zero-order valence-corrected chi connectivity index (χ0v) is 18.5. The van der Waals surface area contributed by atoms with E-state index in [-0.39, 0.29) is 35.1 Å². The van der Waals surface area contributed by atoms with Gasteiger partial charge in [-0.05, 0) is 30.3 Å². The lowest BCUT2D eigenvalue weighted by atomic mass is 10.1. The highest BCUT2D eigenvalue weighted by Gasteiger charge is 2.41. The molecule has 5 aromatic rings. The molecule has 0 aliphatic heterocycles. The van der Waals surface area contributed by atoms with Gasteiger partial charge in [-0.1, -0.05) is 6.07 Å². The fraction of sp³-hybridized carbons (Fsp3) is 0.0870. The number of hydrogen-bond donors (Lipinski definition) is 2. The molecule has 37 heavy (non-hydrogen) atoms. The van der Waals surface area contributed by atoms with Gasteiger partial charge in [0.05, 0.1) is 47.7 Å².